The molecule has 1 atom stereocenters. The highest BCUT2D eigenvalue weighted by Gasteiger charge is 2.48. The third-order valence-corrected chi connectivity index (χ3v) is 9.51. The van der Waals surface area contributed by atoms with E-state index >= 15 is 0 Å². The maximum Gasteiger partial charge on any atom is 0.0540 e. The highest BCUT2D eigenvalue weighted by Crippen LogP contribution is 2.52. The first-order valence-corrected chi connectivity index (χ1v) is 13.4. The lowest BCUT2D eigenvalue weighted by molar-refractivity contribution is -0.121. The van der Waals surface area contributed by atoms with E-state index in [9.17, 15) is 0 Å². The number of hydrogen-bond donors (Lipinski definition) is 0. The van der Waals surface area contributed by atoms with Crippen LogP contribution >= 0.6 is 0 Å². The Balaban J connectivity index is 1.61. The summed E-state index contributed by atoms with van der Waals surface area (Å²) in [5.41, 5.74) is 0.567. The molecule has 2 aliphatic rings. The standard InChI is InChI=1S/C24H48OSi/c1-2-3-4-5-6-7-8-9-10-11-13-18-23(19-14-12-15-20-23)24(26)21-16-17-22-25-24/h2-22H2,1,26H3. The molecular weight excluding hydrogens is 332 g/mol. The van der Waals surface area contributed by atoms with Crippen LogP contribution in [0.2, 0.25) is 0 Å². The fourth-order valence-corrected chi connectivity index (χ4v) is 7.06. The largest absolute Gasteiger partial charge is 0.379 e. The lowest BCUT2D eigenvalue weighted by Gasteiger charge is -2.53. The Morgan fingerprint density at radius 1 is 0.654 bits per heavy atom. The van der Waals surface area contributed by atoms with Gasteiger partial charge in [-0.1, -0.05) is 96.8 Å². The molecule has 0 aromatic carbocycles. The van der Waals surface area contributed by atoms with Gasteiger partial charge in [-0.15, -0.1) is 0 Å². The monoisotopic (exact) mass is 380 g/mol. The van der Waals surface area contributed by atoms with Gasteiger partial charge in [0.05, 0.1) is 5.22 Å². The third kappa shape index (κ3) is 6.97. The Bertz CT molecular complexity index is 342. The summed E-state index contributed by atoms with van der Waals surface area (Å²) in [6.45, 7) is 3.35. The highest BCUT2D eigenvalue weighted by molar-refractivity contribution is 6.15. The average Bonchev–Trinajstić information content (AvgIpc) is 2.67. The summed E-state index contributed by atoms with van der Waals surface area (Å²) < 4.78 is 6.52. The second-order valence-corrected chi connectivity index (χ2v) is 11.3. The van der Waals surface area contributed by atoms with Gasteiger partial charge in [-0.25, -0.2) is 0 Å². The summed E-state index contributed by atoms with van der Waals surface area (Å²) in [4.78, 5) is 0. The van der Waals surface area contributed by atoms with Gasteiger partial charge in [-0.2, -0.15) is 0 Å². The minimum absolute atomic E-state index is 0.324. The summed E-state index contributed by atoms with van der Waals surface area (Å²) in [7, 11) is 1.24. The molecule has 1 aliphatic heterocycles. The molecule has 1 saturated carbocycles. The zero-order valence-electron chi connectivity index (χ0n) is 18.3. The minimum Gasteiger partial charge on any atom is -0.379 e. The molecule has 1 heterocycles. The van der Waals surface area contributed by atoms with Crippen LogP contribution in [0.15, 0.2) is 0 Å². The molecule has 1 aliphatic carbocycles. The summed E-state index contributed by atoms with van der Waals surface area (Å²) in [6.07, 6.45) is 28.9. The molecule has 154 valence electrons. The number of unbranched alkanes of at least 4 members (excludes halogenated alkanes) is 10. The third-order valence-electron chi connectivity index (χ3n) is 7.66. The van der Waals surface area contributed by atoms with Crippen molar-refractivity contribution in [3.63, 3.8) is 0 Å². The van der Waals surface area contributed by atoms with E-state index in [1.165, 1.54) is 139 Å². The van der Waals surface area contributed by atoms with Crippen molar-refractivity contribution in [1.82, 2.24) is 0 Å². The zero-order chi connectivity index (χ0) is 18.6. The van der Waals surface area contributed by atoms with Crippen molar-refractivity contribution in [3.8, 4) is 0 Å². The Morgan fingerprint density at radius 2 is 1.19 bits per heavy atom. The van der Waals surface area contributed by atoms with E-state index in [1.807, 2.05) is 0 Å². The number of rotatable bonds is 13. The second kappa shape index (κ2) is 12.6. The van der Waals surface area contributed by atoms with Crippen molar-refractivity contribution < 1.29 is 4.74 Å². The van der Waals surface area contributed by atoms with Crippen molar-refractivity contribution in [2.45, 2.75) is 141 Å². The lowest BCUT2D eigenvalue weighted by atomic mass is 9.65. The summed E-state index contributed by atoms with van der Waals surface area (Å²) in [5.74, 6) is 0. The van der Waals surface area contributed by atoms with Crippen molar-refractivity contribution in [2.75, 3.05) is 6.61 Å². The number of hydrogen-bond acceptors (Lipinski definition) is 1. The van der Waals surface area contributed by atoms with Gasteiger partial charge >= 0.3 is 0 Å². The van der Waals surface area contributed by atoms with Gasteiger partial charge in [-0.05, 0) is 43.9 Å². The molecule has 2 rings (SSSR count). The van der Waals surface area contributed by atoms with Crippen molar-refractivity contribution in [1.29, 1.82) is 0 Å². The first kappa shape index (κ1) is 22.5. The van der Waals surface area contributed by atoms with Crippen molar-refractivity contribution in [3.05, 3.63) is 0 Å². The van der Waals surface area contributed by atoms with Crippen LogP contribution in [-0.4, -0.2) is 22.1 Å². The quantitative estimate of drug-likeness (QED) is 0.249. The first-order chi connectivity index (χ1) is 12.7. The molecule has 1 saturated heterocycles. The molecule has 2 fully saturated rings. The van der Waals surface area contributed by atoms with E-state index in [0.717, 1.165) is 6.61 Å². The summed E-state index contributed by atoms with van der Waals surface area (Å²) in [5, 5.41) is 0.324. The average molecular weight is 381 g/mol. The number of ether oxygens (including phenoxy) is 1. The van der Waals surface area contributed by atoms with Crippen LogP contribution in [0.5, 0.6) is 0 Å². The van der Waals surface area contributed by atoms with Gasteiger partial charge in [-0.3, -0.25) is 0 Å². The maximum atomic E-state index is 6.52. The summed E-state index contributed by atoms with van der Waals surface area (Å²) in [6, 6.07) is 0. The van der Waals surface area contributed by atoms with Crippen LogP contribution in [0, 0.1) is 5.41 Å². The van der Waals surface area contributed by atoms with Crippen LogP contribution in [0.1, 0.15) is 135 Å². The molecule has 1 unspecified atom stereocenters. The van der Waals surface area contributed by atoms with E-state index < -0.39 is 0 Å². The smallest absolute Gasteiger partial charge is 0.0540 e. The van der Waals surface area contributed by atoms with E-state index in [1.54, 1.807) is 0 Å². The van der Waals surface area contributed by atoms with E-state index in [-0.39, 0.29) is 0 Å². The molecule has 0 amide bonds. The molecule has 0 aromatic heterocycles. The van der Waals surface area contributed by atoms with Crippen LogP contribution in [0.3, 0.4) is 0 Å². The lowest BCUT2D eigenvalue weighted by Crippen LogP contribution is -2.53. The Hall–Kier alpha value is 0.177. The van der Waals surface area contributed by atoms with Gasteiger partial charge in [0.1, 0.15) is 0 Å². The molecule has 0 bridgehead atoms. The molecule has 0 N–H and O–H groups in total. The Morgan fingerprint density at radius 3 is 1.73 bits per heavy atom. The minimum atomic E-state index is 0.324. The molecule has 0 radical (unpaired) electrons. The van der Waals surface area contributed by atoms with Crippen LogP contribution in [0.25, 0.3) is 0 Å². The second-order valence-electron chi connectivity index (χ2n) is 9.66. The van der Waals surface area contributed by atoms with Crippen LogP contribution in [-0.2, 0) is 4.74 Å². The van der Waals surface area contributed by atoms with Gasteiger partial charge in [0, 0.05) is 16.8 Å². The Kier molecular flexibility index (Phi) is 10.9. The van der Waals surface area contributed by atoms with Gasteiger partial charge in [0.2, 0.25) is 0 Å². The van der Waals surface area contributed by atoms with Gasteiger partial charge < -0.3 is 4.74 Å². The van der Waals surface area contributed by atoms with E-state index in [0.29, 0.717) is 10.6 Å². The molecule has 1 nitrogen and oxygen atoms in total. The van der Waals surface area contributed by atoms with Crippen molar-refractivity contribution >= 4 is 10.2 Å². The van der Waals surface area contributed by atoms with Gasteiger partial charge in [0.25, 0.3) is 0 Å². The van der Waals surface area contributed by atoms with Gasteiger partial charge in [0.15, 0.2) is 0 Å². The molecular formula is C24H48OSi. The predicted molar refractivity (Wildman–Crippen MR) is 119 cm³/mol. The molecule has 26 heavy (non-hydrogen) atoms. The predicted octanol–water partition coefficient (Wildman–Crippen LogP) is 6.90. The van der Waals surface area contributed by atoms with Crippen LogP contribution < -0.4 is 0 Å². The molecule has 2 heteroatoms. The topological polar surface area (TPSA) is 9.23 Å². The SMILES string of the molecule is CCCCCCCCCCCCCC1(C2([SiH3])CCCCO2)CCCCC1. The molecule has 0 spiro atoms. The first-order valence-electron chi connectivity index (χ1n) is 12.4. The normalized spacial score (nSPS) is 26.2. The van der Waals surface area contributed by atoms with Crippen LogP contribution in [0.4, 0.5) is 0 Å². The van der Waals surface area contributed by atoms with E-state index in [4.69, 9.17) is 4.74 Å². The zero-order valence-corrected chi connectivity index (χ0v) is 20.3. The molecule has 0 aromatic rings. The summed E-state index contributed by atoms with van der Waals surface area (Å²) >= 11 is 0. The van der Waals surface area contributed by atoms with E-state index in [2.05, 4.69) is 6.92 Å². The fourth-order valence-electron chi connectivity index (χ4n) is 5.75. The maximum absolute atomic E-state index is 6.52. The highest BCUT2D eigenvalue weighted by atomic mass is 28.1. The van der Waals surface area contributed by atoms with Crippen molar-refractivity contribution in [2.24, 2.45) is 5.41 Å². The fraction of sp³-hybridized carbons (Fsp3) is 1.00. The Labute approximate surface area is 167 Å².